The molecule has 0 spiro atoms. The molecule has 0 saturated heterocycles. The molecule has 3 rings (SSSR count). The maximum absolute atomic E-state index is 8.93. The first-order chi connectivity index (χ1) is 12.2. The lowest BCUT2D eigenvalue weighted by Crippen LogP contribution is -1.94. The van der Waals surface area contributed by atoms with Crippen molar-refractivity contribution in [2.45, 2.75) is 33.1 Å². The van der Waals surface area contributed by atoms with Crippen LogP contribution >= 0.6 is 0 Å². The van der Waals surface area contributed by atoms with Gasteiger partial charge in [-0.2, -0.15) is 0 Å². The van der Waals surface area contributed by atoms with Crippen LogP contribution in [-0.4, -0.2) is 21.7 Å². The van der Waals surface area contributed by atoms with Crippen LogP contribution in [0.25, 0.3) is 22.3 Å². The zero-order valence-corrected chi connectivity index (χ0v) is 14.9. The first-order valence-corrected chi connectivity index (χ1v) is 8.83. The number of aromatic nitrogens is 2. The van der Waals surface area contributed by atoms with E-state index in [2.05, 4.69) is 60.2 Å². The average molecular weight is 332 g/mol. The number of aryl methyl sites for hydroxylation is 3. The van der Waals surface area contributed by atoms with Gasteiger partial charge in [-0.05, 0) is 60.6 Å². The molecule has 2 heterocycles. The largest absolute Gasteiger partial charge is 0.396 e. The number of rotatable bonds is 6. The molecule has 0 amide bonds. The molecule has 3 aromatic rings. The highest BCUT2D eigenvalue weighted by atomic mass is 16.2. The van der Waals surface area contributed by atoms with Crippen molar-refractivity contribution in [2.75, 3.05) is 6.61 Å². The van der Waals surface area contributed by atoms with Crippen LogP contribution in [0.2, 0.25) is 0 Å². The zero-order chi connectivity index (χ0) is 17.6. The highest BCUT2D eigenvalue weighted by molar-refractivity contribution is 5.74. The van der Waals surface area contributed by atoms with Crippen molar-refractivity contribution in [3.63, 3.8) is 0 Å². The molecule has 3 heteroatoms. The topological polar surface area (TPSA) is 46.0 Å². The van der Waals surface area contributed by atoms with E-state index in [-0.39, 0.29) is 6.61 Å². The Kier molecular flexibility index (Phi) is 5.56. The lowest BCUT2D eigenvalue weighted by atomic mass is 9.93. The van der Waals surface area contributed by atoms with E-state index in [0.29, 0.717) is 0 Å². The molecule has 0 aliphatic heterocycles. The molecule has 0 aliphatic rings. The molecular formula is C22H24N2O. The van der Waals surface area contributed by atoms with Crippen LogP contribution in [0.15, 0.2) is 55.0 Å². The number of nitrogens with zero attached hydrogens (tertiary/aromatic N) is 2. The molecule has 1 aromatic carbocycles. The third-order valence-electron chi connectivity index (χ3n) is 4.56. The zero-order valence-electron chi connectivity index (χ0n) is 14.9. The molecule has 128 valence electrons. The number of benzene rings is 1. The first kappa shape index (κ1) is 17.3. The molecule has 1 N–H and O–H groups in total. The normalized spacial score (nSPS) is 10.8. The van der Waals surface area contributed by atoms with Crippen LogP contribution in [-0.2, 0) is 12.8 Å². The summed E-state index contributed by atoms with van der Waals surface area (Å²) in [6.07, 6.45) is 8.25. The molecule has 0 radical (unpaired) electrons. The molecule has 3 nitrogen and oxygen atoms in total. The van der Waals surface area contributed by atoms with Gasteiger partial charge in [0, 0.05) is 42.0 Å². The second kappa shape index (κ2) is 8.04. The summed E-state index contributed by atoms with van der Waals surface area (Å²) in [6, 6.07) is 12.8. The summed E-state index contributed by atoms with van der Waals surface area (Å²) in [5, 5.41) is 8.93. The Morgan fingerprint density at radius 1 is 0.960 bits per heavy atom. The minimum absolute atomic E-state index is 0.207. The Balaban J connectivity index is 1.93. The Morgan fingerprint density at radius 3 is 2.48 bits per heavy atom. The quantitative estimate of drug-likeness (QED) is 0.717. The predicted octanol–water partition coefficient (Wildman–Crippen LogP) is 4.61. The molecular weight excluding hydrogens is 308 g/mol. The van der Waals surface area contributed by atoms with Crippen molar-refractivity contribution < 1.29 is 5.11 Å². The maximum Gasteiger partial charge on any atom is 0.0434 e. The molecule has 0 saturated carbocycles. The minimum Gasteiger partial charge on any atom is -0.396 e. The Morgan fingerprint density at radius 2 is 1.80 bits per heavy atom. The van der Waals surface area contributed by atoms with E-state index in [1.165, 1.54) is 27.8 Å². The van der Waals surface area contributed by atoms with Gasteiger partial charge >= 0.3 is 0 Å². The molecule has 0 aliphatic carbocycles. The fourth-order valence-electron chi connectivity index (χ4n) is 3.08. The summed E-state index contributed by atoms with van der Waals surface area (Å²) in [6.45, 7) is 4.52. The predicted molar refractivity (Wildman–Crippen MR) is 102 cm³/mol. The van der Waals surface area contributed by atoms with Gasteiger partial charge in [-0.15, -0.1) is 0 Å². The van der Waals surface area contributed by atoms with Crippen LogP contribution < -0.4 is 0 Å². The van der Waals surface area contributed by atoms with Gasteiger partial charge in [0.15, 0.2) is 0 Å². The second-order valence-electron chi connectivity index (χ2n) is 6.28. The van der Waals surface area contributed by atoms with Gasteiger partial charge < -0.3 is 5.11 Å². The monoisotopic (exact) mass is 332 g/mol. The fraction of sp³-hybridized carbons (Fsp3) is 0.273. The summed E-state index contributed by atoms with van der Waals surface area (Å²) >= 11 is 0. The van der Waals surface area contributed by atoms with Gasteiger partial charge in [0.05, 0.1) is 0 Å². The smallest absolute Gasteiger partial charge is 0.0434 e. The van der Waals surface area contributed by atoms with Gasteiger partial charge in [0.1, 0.15) is 0 Å². The highest BCUT2D eigenvalue weighted by Gasteiger charge is 2.09. The number of pyridine rings is 2. The van der Waals surface area contributed by atoms with Crippen molar-refractivity contribution in [2.24, 2.45) is 0 Å². The van der Waals surface area contributed by atoms with E-state index in [1.807, 2.05) is 18.6 Å². The van der Waals surface area contributed by atoms with Gasteiger partial charge in [-0.1, -0.05) is 31.2 Å². The molecule has 0 atom stereocenters. The van der Waals surface area contributed by atoms with Crippen molar-refractivity contribution in [3.05, 3.63) is 71.8 Å². The Bertz CT molecular complexity index is 841. The number of hydrogen-bond acceptors (Lipinski definition) is 3. The molecule has 0 unspecified atom stereocenters. The van der Waals surface area contributed by atoms with E-state index >= 15 is 0 Å². The summed E-state index contributed by atoms with van der Waals surface area (Å²) in [5.74, 6) is 0. The van der Waals surface area contributed by atoms with Crippen LogP contribution in [0.3, 0.4) is 0 Å². The summed E-state index contributed by atoms with van der Waals surface area (Å²) in [5.41, 5.74) is 8.34. The van der Waals surface area contributed by atoms with Crippen LogP contribution in [0.1, 0.15) is 30.2 Å². The molecule has 25 heavy (non-hydrogen) atoms. The van der Waals surface area contributed by atoms with Crippen molar-refractivity contribution in [1.29, 1.82) is 0 Å². The third kappa shape index (κ3) is 3.94. The van der Waals surface area contributed by atoms with Gasteiger partial charge in [0.25, 0.3) is 0 Å². The van der Waals surface area contributed by atoms with Crippen molar-refractivity contribution in [3.8, 4) is 22.3 Å². The van der Waals surface area contributed by atoms with E-state index in [4.69, 9.17) is 5.11 Å². The Hall–Kier alpha value is -2.52. The van der Waals surface area contributed by atoms with E-state index in [9.17, 15) is 0 Å². The molecule has 0 fully saturated rings. The number of aliphatic hydroxyl groups is 1. The fourth-order valence-corrected chi connectivity index (χ4v) is 3.08. The van der Waals surface area contributed by atoms with Gasteiger partial charge in [-0.3, -0.25) is 9.97 Å². The standard InChI is InChI=1S/C22H24N2O/c1-3-17-13-18(19-6-8-20(24-14-19)5-4-12-25)7-9-21(17)22-15-23-11-10-16(22)2/h6-11,13-15,25H,3-5,12H2,1-2H3. The Labute approximate surface area is 149 Å². The van der Waals surface area contributed by atoms with Crippen molar-refractivity contribution in [1.82, 2.24) is 9.97 Å². The number of aliphatic hydroxyl groups excluding tert-OH is 1. The number of hydrogen-bond donors (Lipinski definition) is 1. The third-order valence-corrected chi connectivity index (χ3v) is 4.56. The van der Waals surface area contributed by atoms with Gasteiger partial charge in [0.2, 0.25) is 0 Å². The van der Waals surface area contributed by atoms with Crippen LogP contribution in [0, 0.1) is 6.92 Å². The first-order valence-electron chi connectivity index (χ1n) is 8.83. The maximum atomic E-state index is 8.93. The summed E-state index contributed by atoms with van der Waals surface area (Å²) < 4.78 is 0. The van der Waals surface area contributed by atoms with E-state index in [1.54, 1.807) is 0 Å². The summed E-state index contributed by atoms with van der Waals surface area (Å²) in [4.78, 5) is 8.81. The van der Waals surface area contributed by atoms with E-state index in [0.717, 1.165) is 30.5 Å². The molecule has 2 aromatic heterocycles. The van der Waals surface area contributed by atoms with Crippen molar-refractivity contribution >= 4 is 0 Å². The van der Waals surface area contributed by atoms with Gasteiger partial charge in [-0.25, -0.2) is 0 Å². The average Bonchev–Trinajstić information content (AvgIpc) is 2.67. The second-order valence-corrected chi connectivity index (χ2v) is 6.28. The van der Waals surface area contributed by atoms with E-state index < -0.39 is 0 Å². The minimum atomic E-state index is 0.207. The van der Waals surface area contributed by atoms with Crippen LogP contribution in [0.4, 0.5) is 0 Å². The molecule has 0 bridgehead atoms. The lowest BCUT2D eigenvalue weighted by Gasteiger charge is -2.13. The van der Waals surface area contributed by atoms with Crippen LogP contribution in [0.5, 0.6) is 0 Å². The lowest BCUT2D eigenvalue weighted by molar-refractivity contribution is 0.288. The highest BCUT2D eigenvalue weighted by Crippen LogP contribution is 2.30. The summed E-state index contributed by atoms with van der Waals surface area (Å²) in [7, 11) is 0. The SMILES string of the molecule is CCc1cc(-c2ccc(CCCO)nc2)ccc1-c1cnccc1C.